The van der Waals surface area contributed by atoms with E-state index in [0.29, 0.717) is 39.8 Å². The predicted molar refractivity (Wildman–Crippen MR) is 200 cm³/mol. The van der Waals surface area contributed by atoms with Crippen molar-refractivity contribution in [2.75, 3.05) is 32.8 Å². The fourth-order valence-corrected chi connectivity index (χ4v) is 7.33. The Morgan fingerprint density at radius 2 is 1.92 bits per heavy atom. The van der Waals surface area contributed by atoms with E-state index in [-0.39, 0.29) is 38.4 Å². The second kappa shape index (κ2) is 17.9. The van der Waals surface area contributed by atoms with Crippen LogP contribution in [-0.2, 0) is 24.4 Å². The van der Waals surface area contributed by atoms with Crippen LogP contribution in [0.3, 0.4) is 0 Å². The SMILES string of the molecule is Cc1c(OCCCN2CC[C@@H](O)C2)cccc1-c1cccc2c1CCC2Oc1cc(OCc2cncc(C#N)c2)c(CNC(CCO)C(=O)O)cc1Cl. The number of carboxylic acids is 1. The van der Waals surface area contributed by atoms with Gasteiger partial charge in [-0.1, -0.05) is 41.9 Å². The second-order valence-corrected chi connectivity index (χ2v) is 14.0. The maximum Gasteiger partial charge on any atom is 0.320 e. The number of likely N-dealkylation sites (tertiary alicyclic amines) is 1. The van der Waals surface area contributed by atoms with E-state index in [4.69, 9.17) is 25.8 Å². The largest absolute Gasteiger partial charge is 0.493 e. The van der Waals surface area contributed by atoms with Gasteiger partial charge in [0.25, 0.3) is 0 Å². The third-order valence-corrected chi connectivity index (χ3v) is 10.2. The summed E-state index contributed by atoms with van der Waals surface area (Å²) in [6.45, 7) is 5.22. The van der Waals surface area contributed by atoms with Gasteiger partial charge in [0.1, 0.15) is 42.1 Å². The number of nitrogens with one attached hydrogen (secondary N) is 1. The van der Waals surface area contributed by atoms with Crippen molar-refractivity contribution in [2.24, 2.45) is 0 Å². The number of halogens is 1. The van der Waals surface area contributed by atoms with Gasteiger partial charge in [-0.2, -0.15) is 5.26 Å². The molecule has 2 aliphatic rings. The Morgan fingerprint density at radius 1 is 1.09 bits per heavy atom. The van der Waals surface area contributed by atoms with Gasteiger partial charge < -0.3 is 39.7 Å². The fourth-order valence-electron chi connectivity index (χ4n) is 7.10. The first-order chi connectivity index (χ1) is 25.7. The average molecular weight is 741 g/mol. The molecule has 12 heteroatoms. The Kier molecular flexibility index (Phi) is 12.8. The Labute approximate surface area is 314 Å². The smallest absolute Gasteiger partial charge is 0.320 e. The molecule has 2 unspecified atom stereocenters. The Morgan fingerprint density at radius 3 is 2.70 bits per heavy atom. The van der Waals surface area contributed by atoms with Crippen molar-refractivity contribution in [3.8, 4) is 34.4 Å². The lowest BCUT2D eigenvalue weighted by Crippen LogP contribution is -2.37. The van der Waals surface area contributed by atoms with Crippen LogP contribution in [0.2, 0.25) is 5.02 Å². The number of hydrogen-bond donors (Lipinski definition) is 4. The van der Waals surface area contributed by atoms with E-state index in [1.165, 1.54) is 11.8 Å². The van der Waals surface area contributed by atoms with Gasteiger partial charge in [-0.25, -0.2) is 0 Å². The molecule has 1 fully saturated rings. The van der Waals surface area contributed by atoms with Gasteiger partial charge in [-0.3, -0.25) is 9.78 Å². The molecule has 0 saturated carbocycles. The summed E-state index contributed by atoms with van der Waals surface area (Å²) in [6.07, 6.45) is 5.94. The minimum Gasteiger partial charge on any atom is -0.493 e. The highest BCUT2D eigenvalue weighted by molar-refractivity contribution is 6.32. The van der Waals surface area contributed by atoms with Crippen LogP contribution in [-0.4, -0.2) is 76.2 Å². The zero-order valence-electron chi connectivity index (χ0n) is 29.8. The number of nitrogens with zero attached hydrogens (tertiary/aromatic N) is 3. The van der Waals surface area contributed by atoms with E-state index < -0.39 is 12.0 Å². The average Bonchev–Trinajstić information content (AvgIpc) is 3.78. The molecule has 3 atom stereocenters. The maximum absolute atomic E-state index is 11.7. The summed E-state index contributed by atoms with van der Waals surface area (Å²) in [7, 11) is 0. The third-order valence-electron chi connectivity index (χ3n) is 9.87. The van der Waals surface area contributed by atoms with E-state index in [1.54, 1.807) is 24.4 Å². The van der Waals surface area contributed by atoms with E-state index in [2.05, 4.69) is 46.4 Å². The van der Waals surface area contributed by atoms with Crippen molar-refractivity contribution in [3.63, 3.8) is 0 Å². The molecule has 0 amide bonds. The van der Waals surface area contributed by atoms with Gasteiger partial charge in [0, 0.05) is 62.4 Å². The van der Waals surface area contributed by atoms with Gasteiger partial charge in [-0.05, 0) is 85.0 Å². The predicted octanol–water partition coefficient (Wildman–Crippen LogP) is 5.99. The van der Waals surface area contributed by atoms with E-state index >= 15 is 0 Å². The van der Waals surface area contributed by atoms with E-state index in [1.807, 2.05) is 18.2 Å². The van der Waals surface area contributed by atoms with E-state index in [0.717, 1.165) is 73.3 Å². The number of aliphatic carboxylic acids is 1. The van der Waals surface area contributed by atoms with Crippen LogP contribution in [0.15, 0.2) is 67.0 Å². The molecule has 3 aromatic carbocycles. The quantitative estimate of drug-likeness (QED) is 0.0944. The van der Waals surface area contributed by atoms with Crippen molar-refractivity contribution in [3.05, 3.63) is 105 Å². The van der Waals surface area contributed by atoms with Gasteiger partial charge in [-0.15, -0.1) is 0 Å². The normalized spacial score (nSPS) is 17.3. The number of carbonyl (C=O) groups is 1. The zero-order chi connectivity index (χ0) is 37.3. The molecule has 4 aromatic rings. The van der Waals surface area contributed by atoms with Crippen molar-refractivity contribution in [2.45, 2.75) is 70.4 Å². The first-order valence-corrected chi connectivity index (χ1v) is 18.4. The number of aliphatic hydroxyl groups excluding tert-OH is 2. The summed E-state index contributed by atoms with van der Waals surface area (Å²) in [5, 5.41) is 41.4. The van der Waals surface area contributed by atoms with Crippen LogP contribution in [0, 0.1) is 18.3 Å². The standard InChI is InChI=1S/C41H45ClN4O7/c1-26-31(5-3-8-37(26)51-16-4-13-46-14-11-30(48)24-46)32-6-2-7-34-33(32)9-10-38(34)53-40-19-39(52-25-28-17-27(20-43)21-44-22-28)29(18-35(40)42)23-45-36(12-15-47)41(49)50/h2-3,5-8,17-19,21-22,30,36,38,45,47-48H,4,9-16,23-25H2,1H3,(H,49,50)/t30-,36?,38?/m1/s1. The van der Waals surface area contributed by atoms with Crippen molar-refractivity contribution >= 4 is 17.6 Å². The van der Waals surface area contributed by atoms with Crippen molar-refractivity contribution < 1.29 is 34.3 Å². The molecule has 4 N–H and O–H groups in total. The number of nitriles is 1. The summed E-state index contributed by atoms with van der Waals surface area (Å²) in [4.78, 5) is 18.1. The molecule has 6 rings (SSSR count). The van der Waals surface area contributed by atoms with Crippen molar-refractivity contribution in [1.82, 2.24) is 15.2 Å². The summed E-state index contributed by atoms with van der Waals surface area (Å²) in [5.74, 6) is 0.654. The van der Waals surface area contributed by atoms with Gasteiger partial charge in [0.05, 0.1) is 23.3 Å². The molecule has 53 heavy (non-hydrogen) atoms. The number of aliphatic hydroxyl groups is 2. The number of fused-ring (bicyclic) bond motifs is 1. The molecule has 1 aliphatic carbocycles. The molecule has 1 aliphatic heterocycles. The fraction of sp³-hybridized carbons (Fsp3) is 0.390. The maximum atomic E-state index is 11.7. The zero-order valence-corrected chi connectivity index (χ0v) is 30.5. The number of ether oxygens (including phenoxy) is 3. The lowest BCUT2D eigenvalue weighted by Gasteiger charge is -2.21. The minimum atomic E-state index is -1.07. The Bertz CT molecular complexity index is 1950. The third kappa shape index (κ3) is 9.46. The van der Waals surface area contributed by atoms with Crippen LogP contribution >= 0.6 is 11.6 Å². The monoisotopic (exact) mass is 740 g/mol. The topological polar surface area (TPSA) is 157 Å². The first kappa shape index (κ1) is 38.0. The number of pyridine rings is 1. The summed E-state index contributed by atoms with van der Waals surface area (Å²) in [5.41, 5.74) is 7.34. The van der Waals surface area contributed by atoms with Crippen LogP contribution < -0.4 is 19.5 Å². The van der Waals surface area contributed by atoms with Crippen LogP contribution in [0.1, 0.15) is 65.2 Å². The molecule has 11 nitrogen and oxygen atoms in total. The first-order valence-electron chi connectivity index (χ1n) is 18.0. The minimum absolute atomic E-state index is 0.0400. The highest BCUT2D eigenvalue weighted by Crippen LogP contribution is 2.44. The molecular formula is C41H45ClN4O7. The van der Waals surface area contributed by atoms with Crippen LogP contribution in [0.5, 0.6) is 17.2 Å². The molecule has 0 spiro atoms. The van der Waals surface area contributed by atoms with Gasteiger partial charge >= 0.3 is 5.97 Å². The summed E-state index contributed by atoms with van der Waals surface area (Å²) < 4.78 is 19.1. The molecule has 1 saturated heterocycles. The Balaban J connectivity index is 1.20. The highest BCUT2D eigenvalue weighted by atomic mass is 35.5. The lowest BCUT2D eigenvalue weighted by atomic mass is 9.93. The molecule has 0 radical (unpaired) electrons. The molecule has 0 bridgehead atoms. The van der Waals surface area contributed by atoms with Gasteiger partial charge in [0.2, 0.25) is 0 Å². The second-order valence-electron chi connectivity index (χ2n) is 13.5. The summed E-state index contributed by atoms with van der Waals surface area (Å²) >= 11 is 6.82. The molecule has 278 valence electrons. The van der Waals surface area contributed by atoms with E-state index in [9.17, 15) is 25.4 Å². The lowest BCUT2D eigenvalue weighted by molar-refractivity contribution is -0.140. The summed E-state index contributed by atoms with van der Waals surface area (Å²) in [6, 6.07) is 18.7. The molecular weight excluding hydrogens is 696 g/mol. The number of hydrogen-bond acceptors (Lipinski definition) is 10. The number of carboxylic acid groups (broad SMARTS) is 1. The number of β-amino-alcohol motifs (C(OH)–C–C–N with tert-alkyl or cyclic N) is 1. The Hall–Kier alpha value is -4.70. The van der Waals surface area contributed by atoms with Crippen molar-refractivity contribution in [1.29, 1.82) is 5.26 Å². The highest BCUT2D eigenvalue weighted by Gasteiger charge is 2.29. The number of rotatable bonds is 17. The van der Waals surface area contributed by atoms with Crippen LogP contribution in [0.4, 0.5) is 0 Å². The number of aromatic nitrogens is 1. The molecule has 2 heterocycles. The van der Waals surface area contributed by atoms with Gasteiger partial charge in [0.15, 0.2) is 0 Å². The molecule has 1 aromatic heterocycles. The number of benzene rings is 3. The van der Waals surface area contributed by atoms with Crippen LogP contribution in [0.25, 0.3) is 11.1 Å².